The summed E-state index contributed by atoms with van der Waals surface area (Å²) in [6.45, 7) is 11.0. The van der Waals surface area contributed by atoms with Crippen molar-refractivity contribution in [2.75, 3.05) is 24.5 Å². The molecule has 0 N–H and O–H groups in total. The molecular weight excluding hydrogens is 549 g/mol. The highest BCUT2D eigenvalue weighted by Gasteiger charge is 2.44. The third-order valence-electron chi connectivity index (χ3n) is 9.83. The van der Waals surface area contributed by atoms with Gasteiger partial charge >= 0.3 is 6.18 Å². The summed E-state index contributed by atoms with van der Waals surface area (Å²) < 4.78 is 45.3. The van der Waals surface area contributed by atoms with Gasteiger partial charge in [0.15, 0.2) is 0 Å². The van der Waals surface area contributed by atoms with Gasteiger partial charge in [-0.3, -0.25) is 4.90 Å². The lowest BCUT2D eigenvalue weighted by Crippen LogP contribution is -2.37. The van der Waals surface area contributed by atoms with Crippen LogP contribution in [0.3, 0.4) is 0 Å². The van der Waals surface area contributed by atoms with Gasteiger partial charge < -0.3 is 14.4 Å². The largest absolute Gasteiger partial charge is 0.418 e. The number of benzene rings is 1. The van der Waals surface area contributed by atoms with Crippen LogP contribution in [0.25, 0.3) is 0 Å². The summed E-state index contributed by atoms with van der Waals surface area (Å²) in [5.74, 6) is 3.28. The summed E-state index contributed by atoms with van der Waals surface area (Å²) in [5, 5.41) is 8.65. The Morgan fingerprint density at radius 2 is 1.91 bits per heavy atom. The molecule has 0 spiro atoms. The van der Waals surface area contributed by atoms with Gasteiger partial charge in [0.05, 0.1) is 11.3 Å². The number of halogens is 3. The molecule has 3 aliphatic heterocycles. The lowest BCUT2D eigenvalue weighted by atomic mass is 9.65. The second-order valence-electron chi connectivity index (χ2n) is 12.8. The van der Waals surface area contributed by atoms with Gasteiger partial charge in [0.2, 0.25) is 0 Å². The molecule has 0 radical (unpaired) electrons. The van der Waals surface area contributed by atoms with Crippen molar-refractivity contribution < 1.29 is 13.2 Å². The van der Waals surface area contributed by atoms with E-state index in [0.29, 0.717) is 29.8 Å². The Morgan fingerprint density at radius 3 is 2.60 bits per heavy atom. The molecule has 1 saturated heterocycles. The summed E-state index contributed by atoms with van der Waals surface area (Å²) in [6.07, 6.45) is 10.1. The fourth-order valence-electron chi connectivity index (χ4n) is 7.52. The van der Waals surface area contributed by atoms with E-state index >= 15 is 0 Å². The van der Waals surface area contributed by atoms with Crippen molar-refractivity contribution >= 4 is 5.69 Å². The topological polar surface area (TPSA) is 40.4 Å². The molecule has 4 heterocycles. The van der Waals surface area contributed by atoms with E-state index in [2.05, 4.69) is 47.7 Å². The van der Waals surface area contributed by atoms with Gasteiger partial charge in [-0.15, -0.1) is 10.2 Å². The van der Waals surface area contributed by atoms with Crippen LogP contribution >= 0.6 is 0 Å². The standard InChI is InChI=1S/C34H43F3N6/c1-5-9-25-14-28(15-25)32(33-39-38-22-40(33)4)27-11-7-12-29(17-27)42-21-31-30(34(35,36)37)16-26(20-43(31)23(42)3)19-41-13-8-10-24(6-2)18-41/h7,11-12,16-17,20-22,24-25,28,32H,3,5-6,8-10,13-15,18-19H2,1-2,4H3/t24-,25?,28?,32?/m0/s1. The van der Waals surface area contributed by atoms with Crippen molar-refractivity contribution in [3.63, 3.8) is 0 Å². The lowest BCUT2D eigenvalue weighted by molar-refractivity contribution is -0.0909. The average Bonchev–Trinajstić information content (AvgIpc) is 3.54. The fourth-order valence-corrected chi connectivity index (χ4v) is 7.52. The fraction of sp³-hybridized carbons (Fsp3) is 0.529. The van der Waals surface area contributed by atoms with Crippen molar-refractivity contribution in [3.05, 3.63) is 89.7 Å². The molecule has 1 unspecified atom stereocenters. The number of piperidine rings is 1. The number of rotatable bonds is 9. The number of allylic oxidation sites excluding steroid dienone is 1. The van der Waals surface area contributed by atoms with Crippen LogP contribution in [0.5, 0.6) is 0 Å². The van der Waals surface area contributed by atoms with Gasteiger partial charge in [-0.1, -0.05) is 51.8 Å². The number of hydrogen-bond donors (Lipinski definition) is 0. The number of nitrogens with zero attached hydrogens (tertiary/aromatic N) is 6. The first-order chi connectivity index (χ1) is 20.7. The molecule has 0 bridgehead atoms. The highest BCUT2D eigenvalue weighted by Crippen LogP contribution is 2.49. The van der Waals surface area contributed by atoms with Gasteiger partial charge in [-0.2, -0.15) is 13.2 Å². The first-order valence-corrected chi connectivity index (χ1v) is 15.8. The summed E-state index contributed by atoms with van der Waals surface area (Å²) in [6, 6.07) is 8.13. The van der Waals surface area contributed by atoms with Crippen LogP contribution in [0.4, 0.5) is 18.9 Å². The quantitative estimate of drug-likeness (QED) is 0.298. The maximum atomic E-state index is 14.5. The minimum atomic E-state index is -4.48. The van der Waals surface area contributed by atoms with Gasteiger partial charge in [0.25, 0.3) is 0 Å². The summed E-state index contributed by atoms with van der Waals surface area (Å²) in [7, 11) is 1.97. The van der Waals surface area contributed by atoms with Crippen LogP contribution in [0, 0.1) is 17.8 Å². The molecule has 1 aliphatic carbocycles. The number of alkyl halides is 3. The summed E-state index contributed by atoms with van der Waals surface area (Å²) in [5.41, 5.74) is 2.04. The number of aromatic nitrogens is 3. The molecule has 2 atom stereocenters. The molecule has 1 aromatic heterocycles. The molecule has 0 amide bonds. The van der Waals surface area contributed by atoms with Crippen molar-refractivity contribution in [2.24, 2.45) is 24.8 Å². The number of anilines is 1. The van der Waals surface area contributed by atoms with Crippen molar-refractivity contribution in [2.45, 2.75) is 70.9 Å². The number of likely N-dealkylation sites (tertiary alicyclic amines) is 1. The first kappa shape index (κ1) is 29.7. The first-order valence-electron chi connectivity index (χ1n) is 15.8. The van der Waals surface area contributed by atoms with Crippen LogP contribution < -0.4 is 4.90 Å². The maximum absolute atomic E-state index is 14.5. The predicted octanol–water partition coefficient (Wildman–Crippen LogP) is 7.72. The van der Waals surface area contributed by atoms with Crippen molar-refractivity contribution in [1.82, 2.24) is 24.6 Å². The zero-order valence-electron chi connectivity index (χ0n) is 25.5. The average molecular weight is 593 g/mol. The molecule has 1 aromatic carbocycles. The van der Waals surface area contributed by atoms with Crippen LogP contribution in [-0.4, -0.2) is 50.4 Å². The monoisotopic (exact) mass is 592 g/mol. The number of aryl methyl sites for hydroxylation is 1. The molecule has 6 rings (SSSR count). The summed E-state index contributed by atoms with van der Waals surface area (Å²) >= 11 is 0. The predicted molar refractivity (Wildman–Crippen MR) is 164 cm³/mol. The highest BCUT2D eigenvalue weighted by atomic mass is 19.4. The van der Waals surface area contributed by atoms with E-state index in [4.69, 9.17) is 0 Å². The second kappa shape index (κ2) is 12.0. The van der Waals surface area contributed by atoms with E-state index < -0.39 is 11.7 Å². The van der Waals surface area contributed by atoms with E-state index in [1.807, 2.05) is 29.9 Å². The van der Waals surface area contributed by atoms with Gasteiger partial charge in [-0.05, 0) is 79.3 Å². The second-order valence-corrected chi connectivity index (χ2v) is 12.8. The van der Waals surface area contributed by atoms with Gasteiger partial charge in [0.1, 0.15) is 18.0 Å². The van der Waals surface area contributed by atoms with Crippen LogP contribution in [0.15, 0.2) is 78.3 Å². The molecule has 9 heteroatoms. The molecule has 4 aliphatic rings. The Kier molecular flexibility index (Phi) is 8.28. The third-order valence-corrected chi connectivity index (χ3v) is 9.83. The normalized spacial score (nSPS) is 25.2. The number of hydrogen-bond acceptors (Lipinski definition) is 5. The Hall–Kier alpha value is -3.33. The Labute approximate surface area is 253 Å². The van der Waals surface area contributed by atoms with E-state index in [0.717, 1.165) is 61.8 Å². The Morgan fingerprint density at radius 1 is 1.09 bits per heavy atom. The third kappa shape index (κ3) is 5.93. The highest BCUT2D eigenvalue weighted by molar-refractivity contribution is 5.64. The zero-order chi connectivity index (χ0) is 30.3. The molecule has 2 fully saturated rings. The Bertz CT molecular complexity index is 1430. The van der Waals surface area contributed by atoms with E-state index in [1.54, 1.807) is 22.3 Å². The van der Waals surface area contributed by atoms with Crippen LogP contribution in [0.2, 0.25) is 0 Å². The molecule has 43 heavy (non-hydrogen) atoms. The SMILES string of the molecule is C=C1N2C=C(CN3CCC[C@H](CC)C3)C=C(C(F)(F)F)C2=CN1c1cccc(C(c2nncn2C)C2CC(CCC)C2)c1. The molecular formula is C34H43F3N6. The van der Waals surface area contributed by atoms with E-state index in [1.165, 1.54) is 25.3 Å². The van der Waals surface area contributed by atoms with E-state index in [9.17, 15) is 13.2 Å². The van der Waals surface area contributed by atoms with Crippen LogP contribution in [-0.2, 0) is 7.05 Å². The minimum absolute atomic E-state index is 0.0697. The minimum Gasteiger partial charge on any atom is -0.320 e. The summed E-state index contributed by atoms with van der Waals surface area (Å²) in [4.78, 5) is 5.70. The zero-order valence-corrected chi connectivity index (χ0v) is 25.5. The molecule has 1 saturated carbocycles. The van der Waals surface area contributed by atoms with Crippen molar-refractivity contribution in [3.8, 4) is 0 Å². The molecule has 230 valence electrons. The smallest absolute Gasteiger partial charge is 0.320 e. The Balaban J connectivity index is 1.29. The molecule has 2 aromatic rings. The molecule has 6 nitrogen and oxygen atoms in total. The van der Waals surface area contributed by atoms with Gasteiger partial charge in [-0.25, -0.2) is 0 Å². The van der Waals surface area contributed by atoms with E-state index in [-0.39, 0.29) is 11.6 Å². The maximum Gasteiger partial charge on any atom is 0.418 e. The van der Waals surface area contributed by atoms with Gasteiger partial charge in [0, 0.05) is 44.1 Å². The van der Waals surface area contributed by atoms with Crippen molar-refractivity contribution in [1.29, 1.82) is 0 Å². The van der Waals surface area contributed by atoms with Crippen LogP contribution in [0.1, 0.15) is 76.1 Å². The lowest BCUT2D eigenvalue weighted by Gasteiger charge is -2.40. The number of fused-ring (bicyclic) bond motifs is 1.